The van der Waals surface area contributed by atoms with E-state index in [1.165, 1.54) is 6.08 Å². The van der Waals surface area contributed by atoms with Crippen LogP contribution < -0.4 is 5.32 Å². The highest BCUT2D eigenvalue weighted by Gasteiger charge is 2.15. The van der Waals surface area contributed by atoms with E-state index in [-0.39, 0.29) is 5.91 Å². The van der Waals surface area contributed by atoms with Crippen molar-refractivity contribution in [1.82, 2.24) is 5.32 Å². The first kappa shape index (κ1) is 15.3. The smallest absolute Gasteiger partial charge is 0.328 e. The lowest BCUT2D eigenvalue weighted by Gasteiger charge is -2.22. The normalized spacial score (nSPS) is 16.0. The molecule has 2 N–H and O–H groups in total. The molecule has 1 aromatic carbocycles. The van der Waals surface area contributed by atoms with Gasteiger partial charge in [0.1, 0.15) is 0 Å². The third kappa shape index (κ3) is 5.04. The largest absolute Gasteiger partial charge is 0.478 e. The molecular formula is C16H19NO4. The average molecular weight is 289 g/mol. The van der Waals surface area contributed by atoms with E-state index in [0.717, 1.165) is 32.1 Å². The minimum atomic E-state index is -1.01. The van der Waals surface area contributed by atoms with Crippen LogP contribution in [0.15, 0.2) is 30.3 Å². The fraction of sp³-hybridized carbons (Fsp3) is 0.375. The lowest BCUT2D eigenvalue weighted by Crippen LogP contribution is -2.32. The van der Waals surface area contributed by atoms with Crippen LogP contribution in [0.2, 0.25) is 0 Å². The minimum absolute atomic E-state index is 0.132. The maximum absolute atomic E-state index is 12.1. The first-order valence-electron chi connectivity index (χ1n) is 7.02. The van der Waals surface area contributed by atoms with Crippen molar-refractivity contribution in [3.63, 3.8) is 0 Å². The highest BCUT2D eigenvalue weighted by Crippen LogP contribution is 2.14. The molecule has 0 spiro atoms. The third-order valence-electron chi connectivity index (χ3n) is 3.46. The molecule has 1 aliphatic heterocycles. The van der Waals surface area contributed by atoms with Gasteiger partial charge in [0.2, 0.25) is 0 Å². The SMILES string of the molecule is O=C(O)C=Cc1cccc(C(=O)NCC2CCOCC2)c1. The molecule has 0 saturated carbocycles. The number of amides is 1. The van der Waals surface area contributed by atoms with Gasteiger partial charge in [-0.15, -0.1) is 0 Å². The molecule has 112 valence electrons. The monoisotopic (exact) mass is 289 g/mol. The summed E-state index contributed by atoms with van der Waals surface area (Å²) in [4.78, 5) is 22.6. The van der Waals surface area contributed by atoms with Crippen molar-refractivity contribution in [3.05, 3.63) is 41.5 Å². The maximum Gasteiger partial charge on any atom is 0.328 e. The van der Waals surface area contributed by atoms with Crippen LogP contribution in [0, 0.1) is 5.92 Å². The molecule has 1 saturated heterocycles. The Morgan fingerprint density at radius 2 is 2.10 bits per heavy atom. The second-order valence-corrected chi connectivity index (χ2v) is 5.06. The van der Waals surface area contributed by atoms with Gasteiger partial charge in [0.05, 0.1) is 0 Å². The van der Waals surface area contributed by atoms with Gasteiger partial charge in [-0.2, -0.15) is 0 Å². The number of carboxylic acids is 1. The molecule has 1 amide bonds. The van der Waals surface area contributed by atoms with E-state index in [0.29, 0.717) is 23.6 Å². The highest BCUT2D eigenvalue weighted by molar-refractivity contribution is 5.95. The maximum atomic E-state index is 12.1. The fourth-order valence-electron chi connectivity index (χ4n) is 2.24. The van der Waals surface area contributed by atoms with E-state index in [1.807, 2.05) is 0 Å². The molecule has 0 unspecified atom stereocenters. The summed E-state index contributed by atoms with van der Waals surface area (Å²) < 4.78 is 5.28. The predicted molar refractivity (Wildman–Crippen MR) is 79.0 cm³/mol. The van der Waals surface area contributed by atoms with Gasteiger partial charge in [0, 0.05) is 31.4 Å². The Morgan fingerprint density at radius 1 is 1.33 bits per heavy atom. The van der Waals surface area contributed by atoms with Crippen LogP contribution in [0.3, 0.4) is 0 Å². The number of hydrogen-bond acceptors (Lipinski definition) is 3. The highest BCUT2D eigenvalue weighted by atomic mass is 16.5. The summed E-state index contributed by atoms with van der Waals surface area (Å²) in [5.74, 6) is -0.672. The predicted octanol–water partition coefficient (Wildman–Crippen LogP) is 1.94. The molecule has 5 nitrogen and oxygen atoms in total. The topological polar surface area (TPSA) is 75.6 Å². The molecule has 1 aliphatic rings. The number of ether oxygens (including phenoxy) is 1. The molecule has 1 fully saturated rings. The first-order chi connectivity index (χ1) is 10.1. The minimum Gasteiger partial charge on any atom is -0.478 e. The molecule has 0 radical (unpaired) electrons. The second kappa shape index (κ2) is 7.59. The van der Waals surface area contributed by atoms with Crippen LogP contribution >= 0.6 is 0 Å². The zero-order valence-corrected chi connectivity index (χ0v) is 11.7. The van der Waals surface area contributed by atoms with Crippen LogP contribution in [0.25, 0.3) is 6.08 Å². The number of benzene rings is 1. The van der Waals surface area contributed by atoms with Crippen molar-refractivity contribution in [3.8, 4) is 0 Å². The Bertz CT molecular complexity index is 533. The van der Waals surface area contributed by atoms with E-state index >= 15 is 0 Å². The number of carbonyl (C=O) groups excluding carboxylic acids is 1. The Kier molecular flexibility index (Phi) is 5.51. The molecule has 0 aromatic heterocycles. The van der Waals surface area contributed by atoms with Gasteiger partial charge in [-0.05, 0) is 42.5 Å². The van der Waals surface area contributed by atoms with Crippen LogP contribution in [0.4, 0.5) is 0 Å². The third-order valence-corrected chi connectivity index (χ3v) is 3.46. The quantitative estimate of drug-likeness (QED) is 0.812. The van der Waals surface area contributed by atoms with Crippen molar-refractivity contribution in [1.29, 1.82) is 0 Å². The average Bonchev–Trinajstić information content (AvgIpc) is 2.52. The van der Waals surface area contributed by atoms with E-state index in [9.17, 15) is 9.59 Å². The van der Waals surface area contributed by atoms with Gasteiger partial charge < -0.3 is 15.2 Å². The van der Waals surface area contributed by atoms with Gasteiger partial charge in [-0.3, -0.25) is 4.79 Å². The van der Waals surface area contributed by atoms with Gasteiger partial charge in [-0.25, -0.2) is 4.79 Å². The molecule has 0 bridgehead atoms. The second-order valence-electron chi connectivity index (χ2n) is 5.06. The number of rotatable bonds is 5. The number of nitrogens with one attached hydrogen (secondary N) is 1. The van der Waals surface area contributed by atoms with Crippen molar-refractivity contribution < 1.29 is 19.4 Å². The number of hydrogen-bond donors (Lipinski definition) is 2. The molecule has 5 heteroatoms. The summed E-state index contributed by atoms with van der Waals surface area (Å²) >= 11 is 0. The number of carboxylic acid groups (broad SMARTS) is 1. The molecule has 0 atom stereocenters. The molecule has 1 aromatic rings. The van der Waals surface area contributed by atoms with Gasteiger partial charge >= 0.3 is 5.97 Å². The van der Waals surface area contributed by atoms with Crippen molar-refractivity contribution in [2.75, 3.05) is 19.8 Å². The zero-order chi connectivity index (χ0) is 15.1. The van der Waals surface area contributed by atoms with Crippen LogP contribution in [0.5, 0.6) is 0 Å². The van der Waals surface area contributed by atoms with E-state index < -0.39 is 5.97 Å². The van der Waals surface area contributed by atoms with Crippen molar-refractivity contribution in [2.24, 2.45) is 5.92 Å². The Morgan fingerprint density at radius 3 is 2.81 bits per heavy atom. The summed E-state index contributed by atoms with van der Waals surface area (Å²) in [5, 5.41) is 11.5. The van der Waals surface area contributed by atoms with Crippen LogP contribution in [0.1, 0.15) is 28.8 Å². The molecule has 21 heavy (non-hydrogen) atoms. The summed E-state index contributed by atoms with van der Waals surface area (Å²) in [7, 11) is 0. The summed E-state index contributed by atoms with van der Waals surface area (Å²) in [6, 6.07) is 6.90. The molecule has 0 aliphatic carbocycles. The standard InChI is InChI=1S/C16H19NO4/c18-15(19)5-4-12-2-1-3-14(10-12)16(20)17-11-13-6-8-21-9-7-13/h1-5,10,13H,6-9,11H2,(H,17,20)(H,18,19). The lowest BCUT2D eigenvalue weighted by atomic mass is 10.0. The zero-order valence-electron chi connectivity index (χ0n) is 11.7. The molecular weight excluding hydrogens is 270 g/mol. The Labute approximate surface area is 123 Å². The summed E-state index contributed by atoms with van der Waals surface area (Å²) in [6.07, 6.45) is 4.47. The van der Waals surface area contributed by atoms with Gasteiger partial charge in [0.15, 0.2) is 0 Å². The van der Waals surface area contributed by atoms with E-state index in [1.54, 1.807) is 24.3 Å². The van der Waals surface area contributed by atoms with E-state index in [2.05, 4.69) is 5.32 Å². The van der Waals surface area contributed by atoms with E-state index in [4.69, 9.17) is 9.84 Å². The summed E-state index contributed by atoms with van der Waals surface area (Å²) in [5.41, 5.74) is 1.23. The fourth-order valence-corrected chi connectivity index (χ4v) is 2.24. The van der Waals surface area contributed by atoms with Crippen LogP contribution in [-0.4, -0.2) is 36.7 Å². The molecule has 2 rings (SSSR count). The number of aliphatic carboxylic acids is 1. The first-order valence-corrected chi connectivity index (χ1v) is 7.02. The van der Waals surface area contributed by atoms with Crippen molar-refractivity contribution >= 4 is 18.0 Å². The van der Waals surface area contributed by atoms with Gasteiger partial charge in [0.25, 0.3) is 5.91 Å². The van der Waals surface area contributed by atoms with Gasteiger partial charge in [-0.1, -0.05) is 12.1 Å². The Hall–Kier alpha value is -2.14. The molecule has 1 heterocycles. The van der Waals surface area contributed by atoms with Crippen LogP contribution in [-0.2, 0) is 9.53 Å². The summed E-state index contributed by atoms with van der Waals surface area (Å²) in [6.45, 7) is 2.17. The lowest BCUT2D eigenvalue weighted by molar-refractivity contribution is -0.131. The number of carbonyl (C=O) groups is 2. The van der Waals surface area contributed by atoms with Crippen molar-refractivity contribution in [2.45, 2.75) is 12.8 Å². The Balaban J connectivity index is 1.92.